The highest BCUT2D eigenvalue weighted by molar-refractivity contribution is 5.85. The van der Waals surface area contributed by atoms with Gasteiger partial charge in [-0.15, -0.1) is 0 Å². The number of hydrogen-bond donors (Lipinski definition) is 1. The van der Waals surface area contributed by atoms with Crippen molar-refractivity contribution in [3.8, 4) is 0 Å². The van der Waals surface area contributed by atoms with E-state index in [1.54, 1.807) is 0 Å². The molecule has 0 aromatic heterocycles. The molecule has 1 spiro atoms. The molecule has 0 bridgehead atoms. The highest BCUT2D eigenvalue weighted by atomic mass is 16.7. The van der Waals surface area contributed by atoms with E-state index in [2.05, 4.69) is 5.32 Å². The molecule has 4 heteroatoms. The van der Waals surface area contributed by atoms with Crippen molar-refractivity contribution >= 4 is 5.91 Å². The van der Waals surface area contributed by atoms with Crippen molar-refractivity contribution < 1.29 is 14.3 Å². The molecule has 0 aromatic carbocycles. The predicted octanol–water partition coefficient (Wildman–Crippen LogP) is -0.751. The normalized spacial score (nSPS) is 29.4. The van der Waals surface area contributed by atoms with Crippen LogP contribution in [-0.4, -0.2) is 31.5 Å². The Morgan fingerprint density at radius 3 is 2.60 bits per heavy atom. The molecular formula is C6H9NO3. The minimum absolute atomic E-state index is 0.120. The maximum Gasteiger partial charge on any atom is 0.280 e. The first-order chi connectivity index (χ1) is 4.83. The van der Waals surface area contributed by atoms with Crippen molar-refractivity contribution in [3.05, 3.63) is 0 Å². The molecule has 0 aromatic rings. The van der Waals surface area contributed by atoms with Gasteiger partial charge in [-0.1, -0.05) is 0 Å². The van der Waals surface area contributed by atoms with Gasteiger partial charge in [0, 0.05) is 13.0 Å². The van der Waals surface area contributed by atoms with Crippen LogP contribution in [0.15, 0.2) is 0 Å². The summed E-state index contributed by atoms with van der Waals surface area (Å²) in [6.45, 7) is 1.74. The quantitative estimate of drug-likeness (QED) is 0.485. The third kappa shape index (κ3) is 0.660. The summed E-state index contributed by atoms with van der Waals surface area (Å²) in [5.74, 6) is -1.02. The summed E-state index contributed by atoms with van der Waals surface area (Å²) in [5.41, 5.74) is 0. The van der Waals surface area contributed by atoms with Crippen molar-refractivity contribution in [3.63, 3.8) is 0 Å². The molecule has 1 amide bonds. The molecular weight excluding hydrogens is 134 g/mol. The molecule has 0 radical (unpaired) electrons. The van der Waals surface area contributed by atoms with E-state index in [-0.39, 0.29) is 5.91 Å². The summed E-state index contributed by atoms with van der Waals surface area (Å²) in [6, 6.07) is 0. The molecule has 0 atom stereocenters. The monoisotopic (exact) mass is 143 g/mol. The molecule has 2 rings (SSSR count). The van der Waals surface area contributed by atoms with Crippen molar-refractivity contribution in [1.82, 2.24) is 5.32 Å². The fourth-order valence-electron chi connectivity index (χ4n) is 1.32. The molecule has 2 aliphatic heterocycles. The maximum absolute atomic E-state index is 11.0. The first kappa shape index (κ1) is 6.12. The Bertz CT molecular complexity index is 157. The minimum Gasteiger partial charge on any atom is -0.351 e. The van der Waals surface area contributed by atoms with Crippen molar-refractivity contribution in [2.45, 2.75) is 12.2 Å². The standard InChI is InChI=1S/C6H9NO3/c8-5-6(1-2-7-5)9-3-4-10-6/h1-4H2,(H,7,8). The van der Waals surface area contributed by atoms with Crippen LogP contribution in [0.3, 0.4) is 0 Å². The van der Waals surface area contributed by atoms with E-state index in [1.807, 2.05) is 0 Å². The van der Waals surface area contributed by atoms with Crippen LogP contribution in [0.5, 0.6) is 0 Å². The zero-order valence-electron chi connectivity index (χ0n) is 5.55. The summed E-state index contributed by atoms with van der Waals surface area (Å²) in [7, 11) is 0. The van der Waals surface area contributed by atoms with Crippen LogP contribution in [0.1, 0.15) is 6.42 Å². The maximum atomic E-state index is 11.0. The molecule has 2 saturated heterocycles. The lowest BCUT2D eigenvalue weighted by molar-refractivity contribution is -0.174. The molecule has 2 heterocycles. The summed E-state index contributed by atoms with van der Waals surface area (Å²) in [5, 5.41) is 2.66. The second-order valence-electron chi connectivity index (χ2n) is 2.46. The SMILES string of the molecule is O=C1NCCC12OCCO2. The summed E-state index contributed by atoms with van der Waals surface area (Å²) < 4.78 is 10.4. The number of ether oxygens (including phenoxy) is 2. The first-order valence-corrected chi connectivity index (χ1v) is 3.40. The summed E-state index contributed by atoms with van der Waals surface area (Å²) in [6.07, 6.45) is 0.645. The largest absolute Gasteiger partial charge is 0.351 e. The van der Waals surface area contributed by atoms with Gasteiger partial charge in [-0.2, -0.15) is 0 Å². The highest BCUT2D eigenvalue weighted by Gasteiger charge is 2.47. The number of nitrogens with one attached hydrogen (secondary N) is 1. The van der Waals surface area contributed by atoms with E-state index in [9.17, 15) is 4.79 Å². The van der Waals surface area contributed by atoms with Crippen molar-refractivity contribution in [1.29, 1.82) is 0 Å². The molecule has 2 fully saturated rings. The van der Waals surface area contributed by atoms with E-state index < -0.39 is 5.79 Å². The van der Waals surface area contributed by atoms with Gasteiger partial charge >= 0.3 is 0 Å². The van der Waals surface area contributed by atoms with Gasteiger partial charge in [0.15, 0.2) is 0 Å². The van der Waals surface area contributed by atoms with Crippen LogP contribution in [-0.2, 0) is 14.3 Å². The molecule has 0 aliphatic carbocycles. The van der Waals surface area contributed by atoms with Gasteiger partial charge < -0.3 is 14.8 Å². The molecule has 2 aliphatic rings. The zero-order valence-corrected chi connectivity index (χ0v) is 5.55. The summed E-state index contributed by atoms with van der Waals surface area (Å²) >= 11 is 0. The third-order valence-corrected chi connectivity index (χ3v) is 1.84. The van der Waals surface area contributed by atoms with Crippen LogP contribution in [0.4, 0.5) is 0 Å². The fraction of sp³-hybridized carbons (Fsp3) is 0.833. The second-order valence-corrected chi connectivity index (χ2v) is 2.46. The third-order valence-electron chi connectivity index (χ3n) is 1.84. The van der Waals surface area contributed by atoms with Gasteiger partial charge in [-0.3, -0.25) is 4.79 Å². The van der Waals surface area contributed by atoms with Crippen LogP contribution in [0.25, 0.3) is 0 Å². The second kappa shape index (κ2) is 1.93. The number of hydrogen-bond acceptors (Lipinski definition) is 3. The molecule has 0 unspecified atom stereocenters. The Morgan fingerprint density at radius 1 is 1.40 bits per heavy atom. The molecule has 10 heavy (non-hydrogen) atoms. The molecule has 1 N–H and O–H groups in total. The van der Waals surface area contributed by atoms with E-state index in [0.29, 0.717) is 26.2 Å². The smallest absolute Gasteiger partial charge is 0.280 e. The zero-order chi connectivity index (χ0) is 7.03. The Labute approximate surface area is 58.5 Å². The van der Waals surface area contributed by atoms with Gasteiger partial charge in [0.2, 0.25) is 0 Å². The Balaban J connectivity index is 2.19. The molecule has 0 saturated carbocycles. The van der Waals surface area contributed by atoms with Crippen LogP contribution < -0.4 is 5.32 Å². The highest BCUT2D eigenvalue weighted by Crippen LogP contribution is 2.26. The number of carbonyl (C=O) groups is 1. The van der Waals surface area contributed by atoms with Crippen LogP contribution in [0.2, 0.25) is 0 Å². The van der Waals surface area contributed by atoms with E-state index in [4.69, 9.17) is 9.47 Å². The van der Waals surface area contributed by atoms with E-state index >= 15 is 0 Å². The van der Waals surface area contributed by atoms with E-state index in [1.165, 1.54) is 0 Å². The fourth-order valence-corrected chi connectivity index (χ4v) is 1.32. The molecule has 4 nitrogen and oxygen atoms in total. The first-order valence-electron chi connectivity index (χ1n) is 3.40. The van der Waals surface area contributed by atoms with E-state index in [0.717, 1.165) is 0 Å². The van der Waals surface area contributed by atoms with Gasteiger partial charge in [0.1, 0.15) is 0 Å². The van der Waals surface area contributed by atoms with Crippen LogP contribution >= 0.6 is 0 Å². The lowest BCUT2D eigenvalue weighted by Crippen LogP contribution is -2.38. The van der Waals surface area contributed by atoms with Crippen molar-refractivity contribution in [2.75, 3.05) is 19.8 Å². The van der Waals surface area contributed by atoms with Gasteiger partial charge in [0.25, 0.3) is 11.7 Å². The van der Waals surface area contributed by atoms with Crippen molar-refractivity contribution in [2.24, 2.45) is 0 Å². The van der Waals surface area contributed by atoms with Gasteiger partial charge in [0.05, 0.1) is 13.2 Å². The van der Waals surface area contributed by atoms with Gasteiger partial charge in [-0.25, -0.2) is 0 Å². The Kier molecular flexibility index (Phi) is 1.18. The number of carbonyl (C=O) groups excluding carboxylic acids is 1. The Morgan fingerprint density at radius 2 is 2.10 bits per heavy atom. The topological polar surface area (TPSA) is 47.6 Å². The number of rotatable bonds is 0. The number of amides is 1. The van der Waals surface area contributed by atoms with Crippen LogP contribution in [0, 0.1) is 0 Å². The minimum atomic E-state index is -0.903. The van der Waals surface area contributed by atoms with Gasteiger partial charge in [-0.05, 0) is 0 Å². The predicted molar refractivity (Wildman–Crippen MR) is 32.3 cm³/mol. The average molecular weight is 143 g/mol. The lowest BCUT2D eigenvalue weighted by Gasteiger charge is -2.16. The summed E-state index contributed by atoms with van der Waals surface area (Å²) in [4.78, 5) is 11.0. The Hall–Kier alpha value is -0.610. The lowest BCUT2D eigenvalue weighted by atomic mass is 10.2. The average Bonchev–Trinajstić information content (AvgIpc) is 2.48. The molecule has 56 valence electrons.